The Balaban J connectivity index is 2.40. The molecule has 7 heteroatoms. The van der Waals surface area contributed by atoms with E-state index in [0.717, 1.165) is 12.5 Å². The molecule has 0 aliphatic heterocycles. The van der Waals surface area contributed by atoms with Gasteiger partial charge in [0.2, 0.25) is 10.0 Å². The molecule has 1 fully saturated rings. The molecule has 0 amide bonds. The van der Waals surface area contributed by atoms with Gasteiger partial charge in [-0.15, -0.1) is 0 Å². The van der Waals surface area contributed by atoms with Crippen molar-refractivity contribution in [3.8, 4) is 0 Å². The monoisotopic (exact) mass is 288 g/mol. The van der Waals surface area contributed by atoms with Crippen molar-refractivity contribution >= 4 is 15.7 Å². The van der Waals surface area contributed by atoms with Crippen LogP contribution in [-0.4, -0.2) is 25.7 Å². The number of nitrogens with one attached hydrogen (secondary N) is 1. The molecule has 5 nitrogen and oxygen atoms in total. The lowest BCUT2D eigenvalue weighted by molar-refractivity contribution is 0.110. The lowest BCUT2D eigenvalue weighted by Crippen LogP contribution is -2.56. The number of hydrogen-bond acceptors (Lipinski definition) is 4. The van der Waals surface area contributed by atoms with Crippen LogP contribution in [0.4, 0.5) is 10.1 Å². The van der Waals surface area contributed by atoms with Crippen molar-refractivity contribution in [1.82, 2.24) is 4.72 Å². The van der Waals surface area contributed by atoms with Gasteiger partial charge in [0, 0.05) is 11.3 Å². The van der Waals surface area contributed by atoms with E-state index in [4.69, 9.17) is 5.73 Å². The predicted molar refractivity (Wildman–Crippen MR) is 69.5 cm³/mol. The number of anilines is 1. The summed E-state index contributed by atoms with van der Waals surface area (Å²) in [7, 11) is -3.90. The molecule has 0 bridgehead atoms. The molecule has 4 N–H and O–H groups in total. The Morgan fingerprint density at radius 2 is 2.11 bits per heavy atom. The molecule has 1 aromatic rings. The van der Waals surface area contributed by atoms with E-state index in [2.05, 4.69) is 4.72 Å². The zero-order valence-electron chi connectivity index (χ0n) is 10.6. The summed E-state index contributed by atoms with van der Waals surface area (Å²) in [4.78, 5) is -0.176. The van der Waals surface area contributed by atoms with Gasteiger partial charge in [-0.05, 0) is 38.3 Å². The van der Waals surface area contributed by atoms with Crippen molar-refractivity contribution in [2.45, 2.75) is 36.6 Å². The van der Waals surface area contributed by atoms with Crippen molar-refractivity contribution in [2.24, 2.45) is 0 Å². The topological polar surface area (TPSA) is 92.4 Å². The number of aliphatic hydroxyl groups is 1. The molecule has 1 aliphatic rings. The zero-order chi connectivity index (χ0) is 14.3. The number of benzene rings is 1. The first kappa shape index (κ1) is 14.2. The Morgan fingerprint density at radius 3 is 2.58 bits per heavy atom. The van der Waals surface area contributed by atoms with Crippen molar-refractivity contribution in [1.29, 1.82) is 0 Å². The summed E-state index contributed by atoms with van der Waals surface area (Å²) in [6, 6.07) is 2.31. The summed E-state index contributed by atoms with van der Waals surface area (Å²) >= 11 is 0. The van der Waals surface area contributed by atoms with Crippen LogP contribution in [-0.2, 0) is 10.0 Å². The molecule has 2 rings (SSSR count). The molecule has 0 saturated heterocycles. The second kappa shape index (κ2) is 4.73. The number of halogens is 1. The minimum atomic E-state index is -3.90. The van der Waals surface area contributed by atoms with Crippen molar-refractivity contribution < 1.29 is 17.9 Å². The van der Waals surface area contributed by atoms with E-state index in [-0.39, 0.29) is 22.8 Å². The molecule has 1 aliphatic carbocycles. The van der Waals surface area contributed by atoms with Gasteiger partial charge < -0.3 is 10.8 Å². The molecule has 0 heterocycles. The normalized spacial score (nSPS) is 18.1. The first-order valence-electron chi connectivity index (χ1n) is 6.00. The Kier molecular flexibility index (Phi) is 3.55. The third-order valence-corrected chi connectivity index (χ3v) is 5.28. The SMILES string of the molecule is Cc1c(F)cc(N)cc1S(=O)(=O)NC1(CO)CCC1. The average Bonchev–Trinajstić information content (AvgIpc) is 2.28. The van der Waals surface area contributed by atoms with Gasteiger partial charge in [0.15, 0.2) is 0 Å². The van der Waals surface area contributed by atoms with E-state index in [9.17, 15) is 17.9 Å². The van der Waals surface area contributed by atoms with Gasteiger partial charge in [-0.25, -0.2) is 17.5 Å². The van der Waals surface area contributed by atoms with Crippen LogP contribution in [0.15, 0.2) is 17.0 Å². The Labute approximate surface area is 111 Å². The first-order valence-corrected chi connectivity index (χ1v) is 7.48. The summed E-state index contributed by atoms with van der Waals surface area (Å²) in [6.07, 6.45) is 2.01. The lowest BCUT2D eigenvalue weighted by atomic mass is 9.78. The van der Waals surface area contributed by atoms with Crippen molar-refractivity contribution in [2.75, 3.05) is 12.3 Å². The van der Waals surface area contributed by atoms with E-state index in [1.54, 1.807) is 0 Å². The average molecular weight is 288 g/mol. The van der Waals surface area contributed by atoms with E-state index >= 15 is 0 Å². The van der Waals surface area contributed by atoms with Crippen LogP contribution in [0.3, 0.4) is 0 Å². The van der Waals surface area contributed by atoms with Crippen LogP contribution in [0.25, 0.3) is 0 Å². The smallest absolute Gasteiger partial charge is 0.241 e. The molecule has 19 heavy (non-hydrogen) atoms. The maximum absolute atomic E-state index is 13.6. The van der Waals surface area contributed by atoms with E-state index in [0.29, 0.717) is 12.8 Å². The largest absolute Gasteiger partial charge is 0.399 e. The van der Waals surface area contributed by atoms with Gasteiger partial charge in [0.25, 0.3) is 0 Å². The molecule has 0 radical (unpaired) electrons. The number of nitrogen functional groups attached to an aromatic ring is 1. The maximum atomic E-state index is 13.6. The van der Waals surface area contributed by atoms with Gasteiger partial charge in [-0.3, -0.25) is 0 Å². The number of rotatable bonds is 4. The summed E-state index contributed by atoms with van der Waals surface area (Å²) in [6.45, 7) is 1.12. The minimum absolute atomic E-state index is 0.0223. The number of aliphatic hydroxyl groups excluding tert-OH is 1. The van der Waals surface area contributed by atoms with E-state index in [1.807, 2.05) is 0 Å². The fourth-order valence-corrected chi connectivity index (χ4v) is 3.93. The molecule has 106 valence electrons. The highest BCUT2D eigenvalue weighted by molar-refractivity contribution is 7.89. The summed E-state index contributed by atoms with van der Waals surface area (Å²) in [5.74, 6) is -0.660. The van der Waals surface area contributed by atoms with Gasteiger partial charge in [0.1, 0.15) is 5.82 Å². The van der Waals surface area contributed by atoms with Gasteiger partial charge in [0.05, 0.1) is 17.0 Å². The second-order valence-corrected chi connectivity index (χ2v) is 6.67. The van der Waals surface area contributed by atoms with Gasteiger partial charge in [-0.1, -0.05) is 0 Å². The third kappa shape index (κ3) is 2.58. The summed E-state index contributed by atoms with van der Waals surface area (Å²) in [5, 5.41) is 9.30. The molecule has 0 spiro atoms. The van der Waals surface area contributed by atoms with Crippen molar-refractivity contribution in [3.63, 3.8) is 0 Å². The molecule has 0 unspecified atom stereocenters. The summed E-state index contributed by atoms with van der Waals surface area (Å²) < 4.78 is 40.6. The van der Waals surface area contributed by atoms with Gasteiger partial charge >= 0.3 is 0 Å². The zero-order valence-corrected chi connectivity index (χ0v) is 11.4. The van der Waals surface area contributed by atoms with Crippen LogP contribution in [0, 0.1) is 12.7 Å². The van der Waals surface area contributed by atoms with Crippen molar-refractivity contribution in [3.05, 3.63) is 23.5 Å². The Hall–Kier alpha value is -1.18. The number of sulfonamides is 1. The first-order chi connectivity index (χ1) is 8.80. The number of nitrogens with two attached hydrogens (primary N) is 1. The molecule has 1 aromatic carbocycles. The van der Waals surface area contributed by atoms with Crippen LogP contribution < -0.4 is 10.5 Å². The fourth-order valence-electron chi connectivity index (χ4n) is 2.19. The predicted octanol–water partition coefficient (Wildman–Crippen LogP) is 0.910. The molecular formula is C12H17FN2O3S. The third-order valence-electron chi connectivity index (χ3n) is 3.57. The standard InChI is InChI=1S/C12H17FN2O3S/c1-8-10(13)5-9(14)6-11(8)19(17,18)15-12(7-16)3-2-4-12/h5-6,15-16H,2-4,7,14H2,1H3. The van der Waals surface area contributed by atoms with E-state index < -0.39 is 21.4 Å². The highest BCUT2D eigenvalue weighted by Gasteiger charge is 2.40. The highest BCUT2D eigenvalue weighted by Crippen LogP contribution is 2.33. The number of hydrogen-bond donors (Lipinski definition) is 3. The molecular weight excluding hydrogens is 271 g/mol. The Bertz CT molecular complexity index is 592. The van der Waals surface area contributed by atoms with Gasteiger partial charge in [-0.2, -0.15) is 0 Å². The summed E-state index contributed by atoms with van der Waals surface area (Å²) in [5.41, 5.74) is 4.75. The van der Waals surface area contributed by atoms with E-state index in [1.165, 1.54) is 13.0 Å². The van der Waals surface area contributed by atoms with Crippen LogP contribution in [0.2, 0.25) is 0 Å². The fraction of sp³-hybridized carbons (Fsp3) is 0.500. The van der Waals surface area contributed by atoms with Crippen LogP contribution >= 0.6 is 0 Å². The maximum Gasteiger partial charge on any atom is 0.241 e. The highest BCUT2D eigenvalue weighted by atomic mass is 32.2. The lowest BCUT2D eigenvalue weighted by Gasteiger charge is -2.40. The van der Waals surface area contributed by atoms with Crippen LogP contribution in [0.1, 0.15) is 24.8 Å². The second-order valence-electron chi connectivity index (χ2n) is 5.02. The molecule has 1 saturated carbocycles. The minimum Gasteiger partial charge on any atom is -0.399 e. The molecule has 0 aromatic heterocycles. The quantitative estimate of drug-likeness (QED) is 0.718. The van der Waals surface area contributed by atoms with Crippen LogP contribution in [0.5, 0.6) is 0 Å². The molecule has 0 atom stereocenters. The Morgan fingerprint density at radius 1 is 1.47 bits per heavy atom.